The van der Waals surface area contributed by atoms with Crippen molar-refractivity contribution >= 4 is 38.6 Å². The summed E-state index contributed by atoms with van der Waals surface area (Å²) in [6.07, 6.45) is 0. The molecule has 0 saturated carbocycles. The van der Waals surface area contributed by atoms with Crippen LogP contribution in [-0.4, -0.2) is 14.1 Å². The smallest absolute Gasteiger partial charge is 0.0596 e. The first-order valence-corrected chi connectivity index (χ1v) is 7.52. The lowest BCUT2D eigenvalue weighted by atomic mass is 10.2. The van der Waals surface area contributed by atoms with Crippen molar-refractivity contribution in [2.24, 2.45) is 0 Å². The molecule has 1 N–H and O–H groups in total. The Labute approximate surface area is 121 Å². The summed E-state index contributed by atoms with van der Waals surface area (Å²) < 4.78 is 1.15. The lowest BCUT2D eigenvalue weighted by Crippen LogP contribution is -2.13. The van der Waals surface area contributed by atoms with Gasteiger partial charge in [-0.3, -0.25) is 0 Å². The lowest BCUT2D eigenvalue weighted by Gasteiger charge is -2.21. The van der Waals surface area contributed by atoms with Gasteiger partial charge in [-0.25, -0.2) is 0 Å². The minimum Gasteiger partial charge on any atom is -0.376 e. The van der Waals surface area contributed by atoms with E-state index in [0.29, 0.717) is 6.04 Å². The Balaban J connectivity index is 2.19. The van der Waals surface area contributed by atoms with Gasteiger partial charge >= 0.3 is 0 Å². The third-order valence-corrected chi connectivity index (χ3v) is 4.65. The van der Waals surface area contributed by atoms with Crippen LogP contribution in [-0.2, 0) is 0 Å². The number of nitrogens with one attached hydrogen (secondary N) is 1. The van der Waals surface area contributed by atoms with Crippen LogP contribution in [0.5, 0.6) is 0 Å². The number of hydrogen-bond donors (Lipinski definition) is 1. The van der Waals surface area contributed by atoms with Gasteiger partial charge in [0, 0.05) is 28.8 Å². The SMILES string of the molecule is CC(Nc1ccccc1N(C)C)c1cc(Br)cs1. The molecule has 1 aromatic carbocycles. The Morgan fingerprint density at radius 1 is 1.28 bits per heavy atom. The number of thiophene rings is 1. The maximum Gasteiger partial charge on any atom is 0.0596 e. The highest BCUT2D eigenvalue weighted by Gasteiger charge is 2.10. The van der Waals surface area contributed by atoms with Crippen LogP contribution in [0.1, 0.15) is 17.8 Å². The largest absolute Gasteiger partial charge is 0.376 e. The Bertz CT molecular complexity index is 522. The van der Waals surface area contributed by atoms with Crippen molar-refractivity contribution in [3.8, 4) is 0 Å². The second-order valence-electron chi connectivity index (χ2n) is 4.44. The molecule has 96 valence electrons. The van der Waals surface area contributed by atoms with Crippen LogP contribution in [0.4, 0.5) is 11.4 Å². The van der Waals surface area contributed by atoms with Crippen LogP contribution in [0.15, 0.2) is 40.2 Å². The molecular formula is C14H17BrN2S. The molecule has 2 aromatic rings. The van der Waals surface area contributed by atoms with Crippen molar-refractivity contribution in [1.29, 1.82) is 0 Å². The minimum atomic E-state index is 0.308. The van der Waals surface area contributed by atoms with E-state index in [1.807, 2.05) is 0 Å². The van der Waals surface area contributed by atoms with Crippen molar-refractivity contribution in [1.82, 2.24) is 0 Å². The summed E-state index contributed by atoms with van der Waals surface area (Å²) >= 11 is 5.27. The molecule has 0 aliphatic carbocycles. The first kappa shape index (κ1) is 13.4. The van der Waals surface area contributed by atoms with Crippen LogP contribution in [0.2, 0.25) is 0 Å². The van der Waals surface area contributed by atoms with E-state index in [-0.39, 0.29) is 0 Å². The molecule has 1 unspecified atom stereocenters. The zero-order valence-electron chi connectivity index (χ0n) is 10.8. The average Bonchev–Trinajstić information content (AvgIpc) is 2.76. The van der Waals surface area contributed by atoms with Crippen molar-refractivity contribution in [2.75, 3.05) is 24.3 Å². The standard InChI is InChI=1S/C14H17BrN2S/c1-10(14-8-11(15)9-18-14)16-12-6-4-5-7-13(12)17(2)3/h4-10,16H,1-3H3. The topological polar surface area (TPSA) is 15.3 Å². The lowest BCUT2D eigenvalue weighted by molar-refractivity contribution is 0.905. The monoisotopic (exact) mass is 324 g/mol. The molecule has 2 nitrogen and oxygen atoms in total. The molecule has 0 radical (unpaired) electrons. The van der Waals surface area contributed by atoms with Gasteiger partial charge in [0.25, 0.3) is 0 Å². The number of benzene rings is 1. The van der Waals surface area contributed by atoms with Gasteiger partial charge in [-0.1, -0.05) is 12.1 Å². The summed E-state index contributed by atoms with van der Waals surface area (Å²) in [5.41, 5.74) is 2.37. The Hall–Kier alpha value is -1.000. The first-order chi connectivity index (χ1) is 8.58. The summed E-state index contributed by atoms with van der Waals surface area (Å²) in [5.74, 6) is 0. The summed E-state index contributed by atoms with van der Waals surface area (Å²) in [4.78, 5) is 3.45. The normalized spacial score (nSPS) is 12.2. The zero-order chi connectivity index (χ0) is 13.1. The Morgan fingerprint density at radius 3 is 2.61 bits per heavy atom. The van der Waals surface area contributed by atoms with Gasteiger partial charge in [-0.15, -0.1) is 11.3 Å². The van der Waals surface area contributed by atoms with Gasteiger partial charge in [0.05, 0.1) is 17.4 Å². The molecular weight excluding hydrogens is 308 g/mol. The maximum atomic E-state index is 3.57. The minimum absolute atomic E-state index is 0.308. The fourth-order valence-electron chi connectivity index (χ4n) is 1.85. The fraction of sp³-hybridized carbons (Fsp3) is 0.286. The predicted octanol–water partition coefficient (Wildman–Crippen LogP) is 4.75. The number of para-hydroxylation sites is 2. The van der Waals surface area contributed by atoms with Crippen LogP contribution in [0, 0.1) is 0 Å². The second kappa shape index (κ2) is 5.76. The van der Waals surface area contributed by atoms with E-state index in [4.69, 9.17) is 0 Å². The van der Waals surface area contributed by atoms with Gasteiger partial charge in [-0.2, -0.15) is 0 Å². The van der Waals surface area contributed by atoms with E-state index in [2.05, 4.69) is 82.9 Å². The highest BCUT2D eigenvalue weighted by molar-refractivity contribution is 9.10. The van der Waals surface area contributed by atoms with Gasteiger partial charge in [0.2, 0.25) is 0 Å². The molecule has 0 aliphatic heterocycles. The van der Waals surface area contributed by atoms with Crippen molar-refractivity contribution in [3.63, 3.8) is 0 Å². The molecule has 1 atom stereocenters. The molecule has 0 aliphatic rings. The van der Waals surface area contributed by atoms with E-state index in [0.717, 1.165) is 4.47 Å². The van der Waals surface area contributed by atoms with Crippen molar-refractivity contribution < 1.29 is 0 Å². The summed E-state index contributed by atoms with van der Waals surface area (Å²) in [6.45, 7) is 2.19. The first-order valence-electron chi connectivity index (χ1n) is 5.84. The molecule has 0 saturated heterocycles. The highest BCUT2D eigenvalue weighted by atomic mass is 79.9. The third kappa shape index (κ3) is 3.06. The van der Waals surface area contributed by atoms with E-state index < -0.39 is 0 Å². The zero-order valence-corrected chi connectivity index (χ0v) is 13.2. The van der Waals surface area contributed by atoms with Crippen LogP contribution in [0.25, 0.3) is 0 Å². The third-order valence-electron chi connectivity index (χ3n) is 2.77. The maximum absolute atomic E-state index is 3.57. The van der Waals surface area contributed by atoms with Gasteiger partial charge in [0.15, 0.2) is 0 Å². The summed E-state index contributed by atoms with van der Waals surface area (Å²) in [6, 6.07) is 10.8. The van der Waals surface area contributed by atoms with Crippen molar-refractivity contribution in [2.45, 2.75) is 13.0 Å². The van der Waals surface area contributed by atoms with Crippen molar-refractivity contribution in [3.05, 3.63) is 45.1 Å². The summed E-state index contributed by atoms with van der Waals surface area (Å²) in [5, 5.41) is 5.69. The fourth-order valence-corrected chi connectivity index (χ4v) is 3.30. The number of anilines is 2. The molecule has 1 aromatic heterocycles. The molecule has 0 amide bonds. The molecule has 18 heavy (non-hydrogen) atoms. The second-order valence-corrected chi connectivity index (χ2v) is 6.30. The number of halogens is 1. The molecule has 4 heteroatoms. The predicted molar refractivity (Wildman–Crippen MR) is 84.8 cm³/mol. The number of hydrogen-bond acceptors (Lipinski definition) is 3. The molecule has 1 heterocycles. The van der Waals surface area contributed by atoms with E-state index in [1.54, 1.807) is 11.3 Å². The summed E-state index contributed by atoms with van der Waals surface area (Å²) in [7, 11) is 4.12. The quantitative estimate of drug-likeness (QED) is 0.873. The van der Waals surface area contributed by atoms with Gasteiger partial charge in [0.1, 0.15) is 0 Å². The van der Waals surface area contributed by atoms with Crippen LogP contribution >= 0.6 is 27.3 Å². The Morgan fingerprint density at radius 2 is 2.00 bits per heavy atom. The molecule has 0 spiro atoms. The van der Waals surface area contributed by atoms with E-state index in [9.17, 15) is 0 Å². The average molecular weight is 325 g/mol. The van der Waals surface area contributed by atoms with E-state index in [1.165, 1.54) is 16.3 Å². The van der Waals surface area contributed by atoms with E-state index >= 15 is 0 Å². The Kier molecular flexibility index (Phi) is 4.30. The highest BCUT2D eigenvalue weighted by Crippen LogP contribution is 2.31. The number of rotatable bonds is 4. The van der Waals surface area contributed by atoms with Gasteiger partial charge < -0.3 is 10.2 Å². The van der Waals surface area contributed by atoms with Crippen LogP contribution < -0.4 is 10.2 Å². The number of nitrogens with zero attached hydrogens (tertiary/aromatic N) is 1. The van der Waals surface area contributed by atoms with Crippen LogP contribution in [0.3, 0.4) is 0 Å². The molecule has 2 rings (SSSR count). The molecule has 0 bridgehead atoms. The van der Waals surface area contributed by atoms with Gasteiger partial charge in [-0.05, 0) is 41.1 Å². The molecule has 0 fully saturated rings.